The molecule has 2 rings (SSSR count). The van der Waals surface area contributed by atoms with Crippen molar-refractivity contribution < 1.29 is 14.3 Å². The summed E-state index contributed by atoms with van der Waals surface area (Å²) in [6.45, 7) is 7.96. The molecule has 2 heterocycles. The predicted octanol–water partition coefficient (Wildman–Crippen LogP) is 1.35. The van der Waals surface area contributed by atoms with Crippen molar-refractivity contribution in [1.29, 1.82) is 0 Å². The van der Waals surface area contributed by atoms with Crippen LogP contribution in [0.25, 0.3) is 0 Å². The van der Waals surface area contributed by atoms with Crippen molar-refractivity contribution >= 4 is 18.3 Å². The maximum atomic E-state index is 12.0. The summed E-state index contributed by atoms with van der Waals surface area (Å²) in [6.07, 6.45) is 3.41. The van der Waals surface area contributed by atoms with Gasteiger partial charge in [-0.05, 0) is 20.8 Å². The van der Waals surface area contributed by atoms with Gasteiger partial charge in [0.2, 0.25) is 5.95 Å². The zero-order valence-electron chi connectivity index (χ0n) is 12.6. The topological polar surface area (TPSA) is 75.6 Å². The molecule has 114 valence electrons. The molecule has 1 amide bonds. The molecular weight excluding hydrogens is 272 g/mol. The van der Waals surface area contributed by atoms with Gasteiger partial charge in [0.1, 0.15) is 5.60 Å². The van der Waals surface area contributed by atoms with E-state index in [9.17, 15) is 9.59 Å². The van der Waals surface area contributed by atoms with Gasteiger partial charge in [0.05, 0.1) is 5.56 Å². The van der Waals surface area contributed by atoms with Gasteiger partial charge in [0.25, 0.3) is 0 Å². The average Bonchev–Trinajstić information content (AvgIpc) is 2.46. The molecule has 1 saturated heterocycles. The summed E-state index contributed by atoms with van der Waals surface area (Å²) >= 11 is 0. The van der Waals surface area contributed by atoms with E-state index < -0.39 is 5.60 Å². The molecule has 0 radical (unpaired) electrons. The third kappa shape index (κ3) is 4.14. The standard InChI is InChI=1S/C14H20N4O3/c1-14(2,3)21-13(20)18-6-4-17(5-7-18)12-15-8-11(10-19)9-16-12/h8-10H,4-7H2,1-3H3. The predicted molar refractivity (Wildman–Crippen MR) is 77.4 cm³/mol. The molecule has 0 spiro atoms. The number of carbonyl (C=O) groups is 2. The molecule has 1 aliphatic heterocycles. The van der Waals surface area contributed by atoms with Crippen LogP contribution in [-0.4, -0.2) is 59.0 Å². The average molecular weight is 292 g/mol. The lowest BCUT2D eigenvalue weighted by atomic mass is 10.2. The normalized spacial score (nSPS) is 15.8. The first-order chi connectivity index (χ1) is 9.89. The summed E-state index contributed by atoms with van der Waals surface area (Å²) in [5.74, 6) is 0.574. The number of piperazine rings is 1. The zero-order chi connectivity index (χ0) is 15.5. The summed E-state index contributed by atoms with van der Waals surface area (Å²) in [6, 6.07) is 0. The van der Waals surface area contributed by atoms with Crippen molar-refractivity contribution in [1.82, 2.24) is 14.9 Å². The molecule has 21 heavy (non-hydrogen) atoms. The summed E-state index contributed by atoms with van der Waals surface area (Å²) in [5, 5.41) is 0. The van der Waals surface area contributed by atoms with Gasteiger partial charge in [-0.2, -0.15) is 0 Å². The lowest BCUT2D eigenvalue weighted by Gasteiger charge is -2.35. The Morgan fingerprint density at radius 1 is 1.19 bits per heavy atom. The molecular formula is C14H20N4O3. The number of rotatable bonds is 2. The minimum absolute atomic E-state index is 0.292. The van der Waals surface area contributed by atoms with E-state index in [4.69, 9.17) is 4.74 Å². The number of amides is 1. The van der Waals surface area contributed by atoms with E-state index in [0.717, 1.165) is 0 Å². The Hall–Kier alpha value is -2.18. The minimum Gasteiger partial charge on any atom is -0.444 e. The van der Waals surface area contributed by atoms with Gasteiger partial charge in [-0.3, -0.25) is 4.79 Å². The van der Waals surface area contributed by atoms with Crippen molar-refractivity contribution in [2.45, 2.75) is 26.4 Å². The molecule has 1 aromatic rings. The van der Waals surface area contributed by atoms with Crippen LogP contribution in [0.4, 0.5) is 10.7 Å². The lowest BCUT2D eigenvalue weighted by molar-refractivity contribution is 0.0240. The molecule has 0 aromatic carbocycles. The van der Waals surface area contributed by atoms with E-state index in [2.05, 4.69) is 9.97 Å². The van der Waals surface area contributed by atoms with E-state index in [1.807, 2.05) is 25.7 Å². The van der Waals surface area contributed by atoms with E-state index in [1.165, 1.54) is 12.4 Å². The summed E-state index contributed by atoms with van der Waals surface area (Å²) in [7, 11) is 0. The molecule has 0 saturated carbocycles. The van der Waals surface area contributed by atoms with Crippen LogP contribution in [0.2, 0.25) is 0 Å². The maximum absolute atomic E-state index is 12.0. The number of hydrogen-bond donors (Lipinski definition) is 0. The first-order valence-corrected chi connectivity index (χ1v) is 6.89. The lowest BCUT2D eigenvalue weighted by Crippen LogP contribution is -2.50. The van der Waals surface area contributed by atoms with E-state index in [0.29, 0.717) is 44.0 Å². The van der Waals surface area contributed by atoms with Gasteiger partial charge < -0.3 is 14.5 Å². The van der Waals surface area contributed by atoms with E-state index >= 15 is 0 Å². The molecule has 0 unspecified atom stereocenters. The third-order valence-corrected chi connectivity index (χ3v) is 3.01. The Balaban J connectivity index is 1.90. The Morgan fingerprint density at radius 2 is 1.76 bits per heavy atom. The van der Waals surface area contributed by atoms with Crippen molar-refractivity contribution in [3.8, 4) is 0 Å². The second-order valence-corrected chi connectivity index (χ2v) is 5.89. The van der Waals surface area contributed by atoms with E-state index in [1.54, 1.807) is 4.90 Å². The van der Waals surface area contributed by atoms with Crippen LogP contribution < -0.4 is 4.90 Å². The first kappa shape index (κ1) is 15.2. The number of hydrogen-bond acceptors (Lipinski definition) is 6. The Kier molecular flexibility index (Phi) is 4.40. The van der Waals surface area contributed by atoms with Gasteiger partial charge in [-0.15, -0.1) is 0 Å². The number of aldehydes is 1. The smallest absolute Gasteiger partial charge is 0.410 e. The fourth-order valence-corrected chi connectivity index (χ4v) is 1.97. The second kappa shape index (κ2) is 6.07. The number of carbonyl (C=O) groups excluding carboxylic acids is 2. The van der Waals surface area contributed by atoms with Crippen molar-refractivity contribution in [2.75, 3.05) is 31.1 Å². The molecule has 0 atom stereocenters. The number of nitrogens with zero attached hydrogens (tertiary/aromatic N) is 4. The molecule has 1 aromatic heterocycles. The van der Waals surface area contributed by atoms with Gasteiger partial charge in [0.15, 0.2) is 6.29 Å². The highest BCUT2D eigenvalue weighted by Gasteiger charge is 2.26. The number of anilines is 1. The van der Waals surface area contributed by atoms with E-state index in [-0.39, 0.29) is 6.09 Å². The summed E-state index contributed by atoms with van der Waals surface area (Å²) in [4.78, 5) is 34.5. The third-order valence-electron chi connectivity index (χ3n) is 3.01. The van der Waals surface area contributed by atoms with Crippen LogP contribution in [0.3, 0.4) is 0 Å². The fraction of sp³-hybridized carbons (Fsp3) is 0.571. The maximum Gasteiger partial charge on any atom is 0.410 e. The van der Waals surface area contributed by atoms with Crippen LogP contribution in [0.5, 0.6) is 0 Å². The highest BCUT2D eigenvalue weighted by atomic mass is 16.6. The summed E-state index contributed by atoms with van der Waals surface area (Å²) in [5.41, 5.74) is -0.0340. The highest BCUT2D eigenvalue weighted by Crippen LogP contribution is 2.14. The quantitative estimate of drug-likeness (QED) is 0.766. The van der Waals surface area contributed by atoms with Crippen LogP contribution in [0.1, 0.15) is 31.1 Å². The van der Waals surface area contributed by atoms with Gasteiger partial charge >= 0.3 is 6.09 Å². The van der Waals surface area contributed by atoms with Crippen molar-refractivity contribution in [2.24, 2.45) is 0 Å². The molecule has 1 fully saturated rings. The van der Waals surface area contributed by atoms with Gasteiger partial charge in [-0.1, -0.05) is 0 Å². The molecule has 7 nitrogen and oxygen atoms in total. The first-order valence-electron chi connectivity index (χ1n) is 6.89. The molecule has 1 aliphatic rings. The second-order valence-electron chi connectivity index (χ2n) is 5.89. The SMILES string of the molecule is CC(C)(C)OC(=O)N1CCN(c2ncc(C=O)cn2)CC1. The zero-order valence-corrected chi connectivity index (χ0v) is 12.6. The molecule has 0 N–H and O–H groups in total. The fourth-order valence-electron chi connectivity index (χ4n) is 1.97. The molecule has 0 bridgehead atoms. The Bertz CT molecular complexity index is 502. The van der Waals surface area contributed by atoms with Crippen LogP contribution in [-0.2, 0) is 4.74 Å². The number of ether oxygens (including phenoxy) is 1. The molecule has 7 heteroatoms. The van der Waals surface area contributed by atoms with Crippen LogP contribution in [0, 0.1) is 0 Å². The monoisotopic (exact) mass is 292 g/mol. The van der Waals surface area contributed by atoms with Crippen molar-refractivity contribution in [3.05, 3.63) is 18.0 Å². The Morgan fingerprint density at radius 3 is 2.24 bits per heavy atom. The molecule has 0 aliphatic carbocycles. The number of aromatic nitrogens is 2. The summed E-state index contributed by atoms with van der Waals surface area (Å²) < 4.78 is 5.35. The van der Waals surface area contributed by atoms with Gasteiger partial charge in [0, 0.05) is 38.6 Å². The minimum atomic E-state index is -0.484. The van der Waals surface area contributed by atoms with Gasteiger partial charge in [-0.25, -0.2) is 14.8 Å². The Labute approximate surface area is 123 Å². The van der Waals surface area contributed by atoms with Crippen molar-refractivity contribution in [3.63, 3.8) is 0 Å². The largest absolute Gasteiger partial charge is 0.444 e. The van der Waals surface area contributed by atoms with Crippen LogP contribution in [0.15, 0.2) is 12.4 Å². The van der Waals surface area contributed by atoms with Crippen LogP contribution >= 0.6 is 0 Å². The highest BCUT2D eigenvalue weighted by molar-refractivity contribution is 5.73.